The number of hydrogen-bond acceptors (Lipinski definition) is 3. The molecular formula is C17H17ClN2O2. The summed E-state index contributed by atoms with van der Waals surface area (Å²) in [5.74, 6) is 0.838. The monoisotopic (exact) mass is 316 g/mol. The van der Waals surface area contributed by atoms with Gasteiger partial charge >= 0.3 is 0 Å². The van der Waals surface area contributed by atoms with Crippen LogP contribution in [0.3, 0.4) is 0 Å². The Balaban J connectivity index is 2.05. The van der Waals surface area contributed by atoms with Crippen molar-refractivity contribution in [1.82, 2.24) is 9.55 Å². The van der Waals surface area contributed by atoms with Gasteiger partial charge in [-0.05, 0) is 24.3 Å². The van der Waals surface area contributed by atoms with Crippen LogP contribution in [0.1, 0.15) is 0 Å². The predicted molar refractivity (Wildman–Crippen MR) is 88.5 cm³/mol. The molecule has 0 saturated heterocycles. The Hall–Kier alpha value is -2.04. The number of nitrogens with zero attached hydrogens (tertiary/aromatic N) is 2. The average molecular weight is 317 g/mol. The fourth-order valence-electron chi connectivity index (χ4n) is 2.50. The lowest BCUT2D eigenvalue weighted by Crippen LogP contribution is -2.05. The number of rotatable bonds is 5. The van der Waals surface area contributed by atoms with Gasteiger partial charge in [0.15, 0.2) is 0 Å². The highest BCUT2D eigenvalue weighted by Gasteiger charge is 2.12. The smallest absolute Gasteiger partial charge is 0.129 e. The van der Waals surface area contributed by atoms with Gasteiger partial charge in [-0.1, -0.05) is 23.7 Å². The third-order valence-electron chi connectivity index (χ3n) is 3.60. The normalized spacial score (nSPS) is 11.0. The van der Waals surface area contributed by atoms with Crippen LogP contribution in [0.15, 0.2) is 42.6 Å². The Morgan fingerprint density at radius 1 is 1.18 bits per heavy atom. The molecule has 0 bridgehead atoms. The summed E-state index contributed by atoms with van der Waals surface area (Å²) in [6.45, 7) is 1.08. The summed E-state index contributed by atoms with van der Waals surface area (Å²) in [5.41, 5.74) is 3.13. The Bertz CT molecular complexity index is 798. The van der Waals surface area contributed by atoms with Gasteiger partial charge in [0.2, 0.25) is 0 Å². The number of methoxy groups -OCH3 is 1. The van der Waals surface area contributed by atoms with E-state index in [0.29, 0.717) is 18.4 Å². The maximum atomic E-state index is 5.98. The standard InChI is InChI=1S/C17H17ClN2O2/c1-20-14(9-12-10-17(18)19-11-15(12)20)13-5-3-4-6-16(13)22-8-7-21-2/h3-6,9-11H,7-8H2,1-2H3. The molecular weight excluding hydrogens is 300 g/mol. The van der Waals surface area contributed by atoms with E-state index in [9.17, 15) is 0 Å². The molecule has 0 aliphatic carbocycles. The van der Waals surface area contributed by atoms with Crippen LogP contribution in [-0.4, -0.2) is 29.9 Å². The number of para-hydroxylation sites is 1. The average Bonchev–Trinajstić information content (AvgIpc) is 2.84. The highest BCUT2D eigenvalue weighted by molar-refractivity contribution is 6.30. The van der Waals surface area contributed by atoms with Gasteiger partial charge in [0.1, 0.15) is 17.5 Å². The highest BCUT2D eigenvalue weighted by Crippen LogP contribution is 2.33. The van der Waals surface area contributed by atoms with E-state index in [1.54, 1.807) is 13.3 Å². The second kappa shape index (κ2) is 6.38. The summed E-state index contributed by atoms with van der Waals surface area (Å²) < 4.78 is 13.0. The molecule has 0 radical (unpaired) electrons. The zero-order valence-electron chi connectivity index (χ0n) is 12.5. The molecule has 1 aromatic carbocycles. The second-order valence-electron chi connectivity index (χ2n) is 4.99. The lowest BCUT2D eigenvalue weighted by atomic mass is 10.1. The van der Waals surface area contributed by atoms with Crippen LogP contribution in [0.5, 0.6) is 5.75 Å². The number of ether oxygens (including phenoxy) is 2. The van der Waals surface area contributed by atoms with Crippen molar-refractivity contribution < 1.29 is 9.47 Å². The molecule has 0 spiro atoms. The molecule has 2 aromatic heterocycles. The van der Waals surface area contributed by atoms with Crippen LogP contribution < -0.4 is 4.74 Å². The maximum Gasteiger partial charge on any atom is 0.129 e. The van der Waals surface area contributed by atoms with Crippen LogP contribution in [-0.2, 0) is 11.8 Å². The van der Waals surface area contributed by atoms with Crippen molar-refractivity contribution in [3.63, 3.8) is 0 Å². The summed E-state index contributed by atoms with van der Waals surface area (Å²) in [5, 5.41) is 1.55. The molecule has 0 saturated carbocycles. The Labute approximate surface area is 134 Å². The van der Waals surface area contributed by atoms with Gasteiger partial charge in [-0.25, -0.2) is 4.98 Å². The van der Waals surface area contributed by atoms with Crippen molar-refractivity contribution in [2.75, 3.05) is 20.3 Å². The lowest BCUT2D eigenvalue weighted by molar-refractivity contribution is 0.146. The van der Waals surface area contributed by atoms with E-state index in [-0.39, 0.29) is 0 Å². The van der Waals surface area contributed by atoms with Gasteiger partial charge in [-0.2, -0.15) is 0 Å². The summed E-state index contributed by atoms with van der Waals surface area (Å²) in [6.07, 6.45) is 1.79. The molecule has 0 aliphatic heterocycles. The molecule has 114 valence electrons. The predicted octanol–water partition coefficient (Wildman–Crippen LogP) is 3.92. The first kappa shape index (κ1) is 14.9. The summed E-state index contributed by atoms with van der Waals surface area (Å²) in [7, 11) is 3.68. The van der Waals surface area contributed by atoms with Crippen molar-refractivity contribution in [1.29, 1.82) is 0 Å². The molecule has 2 heterocycles. The van der Waals surface area contributed by atoms with Crippen molar-refractivity contribution in [2.45, 2.75) is 0 Å². The van der Waals surface area contributed by atoms with E-state index in [1.807, 2.05) is 37.4 Å². The molecule has 0 amide bonds. The molecule has 0 aliphatic rings. The Morgan fingerprint density at radius 2 is 2.00 bits per heavy atom. The van der Waals surface area contributed by atoms with Crippen molar-refractivity contribution in [2.24, 2.45) is 7.05 Å². The minimum atomic E-state index is 0.495. The molecule has 4 nitrogen and oxygen atoms in total. The van der Waals surface area contributed by atoms with Crippen LogP contribution in [0.25, 0.3) is 22.2 Å². The number of hydrogen-bond donors (Lipinski definition) is 0. The minimum Gasteiger partial charge on any atom is -0.490 e. The van der Waals surface area contributed by atoms with Gasteiger partial charge in [-0.3, -0.25) is 0 Å². The quantitative estimate of drug-likeness (QED) is 0.529. The van der Waals surface area contributed by atoms with Gasteiger partial charge in [0.25, 0.3) is 0 Å². The molecule has 0 atom stereocenters. The highest BCUT2D eigenvalue weighted by atomic mass is 35.5. The molecule has 0 unspecified atom stereocenters. The molecule has 5 heteroatoms. The first-order valence-corrected chi connectivity index (χ1v) is 7.40. The number of aromatic nitrogens is 2. The topological polar surface area (TPSA) is 36.3 Å². The van der Waals surface area contributed by atoms with Crippen LogP contribution >= 0.6 is 11.6 Å². The van der Waals surface area contributed by atoms with Gasteiger partial charge in [0.05, 0.1) is 24.0 Å². The van der Waals surface area contributed by atoms with E-state index < -0.39 is 0 Å². The fourth-order valence-corrected chi connectivity index (χ4v) is 2.67. The first-order valence-electron chi connectivity index (χ1n) is 7.03. The SMILES string of the molecule is COCCOc1ccccc1-c1cc2cc(Cl)ncc2n1C. The van der Waals surface area contributed by atoms with Gasteiger partial charge < -0.3 is 14.0 Å². The van der Waals surface area contributed by atoms with Crippen molar-refractivity contribution in [3.8, 4) is 17.0 Å². The second-order valence-corrected chi connectivity index (χ2v) is 5.38. The van der Waals surface area contributed by atoms with Crippen molar-refractivity contribution in [3.05, 3.63) is 47.7 Å². The Kier molecular flexibility index (Phi) is 4.32. The number of aryl methyl sites for hydroxylation is 1. The summed E-state index contributed by atoms with van der Waals surface area (Å²) in [4.78, 5) is 4.16. The fraction of sp³-hybridized carbons (Fsp3) is 0.235. The number of halogens is 1. The molecule has 22 heavy (non-hydrogen) atoms. The lowest BCUT2D eigenvalue weighted by Gasteiger charge is -2.12. The summed E-state index contributed by atoms with van der Waals surface area (Å²) >= 11 is 5.98. The minimum absolute atomic E-state index is 0.495. The maximum absolute atomic E-state index is 5.98. The van der Waals surface area contributed by atoms with Crippen molar-refractivity contribution >= 4 is 22.5 Å². The van der Waals surface area contributed by atoms with E-state index in [0.717, 1.165) is 27.9 Å². The number of benzene rings is 1. The van der Waals surface area contributed by atoms with E-state index >= 15 is 0 Å². The van der Waals surface area contributed by atoms with Crippen LogP contribution in [0, 0.1) is 0 Å². The van der Waals surface area contributed by atoms with E-state index in [4.69, 9.17) is 21.1 Å². The third kappa shape index (κ3) is 2.80. The zero-order chi connectivity index (χ0) is 15.5. The summed E-state index contributed by atoms with van der Waals surface area (Å²) in [6, 6.07) is 11.9. The van der Waals surface area contributed by atoms with Gasteiger partial charge in [-0.15, -0.1) is 0 Å². The zero-order valence-corrected chi connectivity index (χ0v) is 13.3. The van der Waals surface area contributed by atoms with Crippen LogP contribution in [0.4, 0.5) is 0 Å². The number of pyridine rings is 1. The Morgan fingerprint density at radius 3 is 2.82 bits per heavy atom. The third-order valence-corrected chi connectivity index (χ3v) is 3.81. The largest absolute Gasteiger partial charge is 0.490 e. The first-order chi connectivity index (χ1) is 10.7. The molecule has 0 fully saturated rings. The van der Waals surface area contributed by atoms with Crippen LogP contribution in [0.2, 0.25) is 5.15 Å². The van der Waals surface area contributed by atoms with Gasteiger partial charge in [0, 0.05) is 25.1 Å². The number of fused-ring (bicyclic) bond motifs is 1. The molecule has 0 N–H and O–H groups in total. The molecule has 3 rings (SSSR count). The van der Waals surface area contributed by atoms with E-state index in [2.05, 4.69) is 15.6 Å². The van der Waals surface area contributed by atoms with E-state index in [1.165, 1.54) is 0 Å². The molecule has 3 aromatic rings.